The highest BCUT2D eigenvalue weighted by molar-refractivity contribution is 7.92. The molecule has 1 atom stereocenters. The molecule has 0 saturated carbocycles. The van der Waals surface area contributed by atoms with Gasteiger partial charge in [-0.3, -0.25) is 4.79 Å². The number of carbonyl (C=O) groups is 1. The Labute approximate surface area is 140 Å². The number of aromatic nitrogens is 1. The lowest BCUT2D eigenvalue weighted by Gasteiger charge is -2.08. The maximum absolute atomic E-state index is 11.9. The van der Waals surface area contributed by atoms with Crippen molar-refractivity contribution < 1.29 is 13.2 Å². The molecule has 0 spiro atoms. The third-order valence-corrected chi connectivity index (χ3v) is 5.88. The van der Waals surface area contributed by atoms with Crippen LogP contribution in [-0.2, 0) is 14.6 Å². The number of sulfone groups is 1. The Kier molecular flexibility index (Phi) is 5.21. The van der Waals surface area contributed by atoms with Crippen molar-refractivity contribution in [3.05, 3.63) is 35.2 Å². The van der Waals surface area contributed by atoms with E-state index in [4.69, 9.17) is 0 Å². The van der Waals surface area contributed by atoms with E-state index in [-0.39, 0.29) is 0 Å². The molecule has 1 aromatic heterocycles. The molecule has 0 radical (unpaired) electrons. The van der Waals surface area contributed by atoms with Crippen LogP contribution in [-0.4, -0.2) is 30.8 Å². The van der Waals surface area contributed by atoms with E-state index in [1.165, 1.54) is 23.8 Å². The first-order chi connectivity index (χ1) is 10.7. The fourth-order valence-corrected chi connectivity index (χ4v) is 3.07. The number of benzene rings is 1. The van der Waals surface area contributed by atoms with E-state index in [0.29, 0.717) is 11.0 Å². The first-order valence-electron chi connectivity index (χ1n) is 7.24. The lowest BCUT2D eigenvalue weighted by Crippen LogP contribution is -2.31. The number of thiazole rings is 1. The van der Waals surface area contributed by atoms with Gasteiger partial charge in [0.25, 0.3) is 0 Å². The highest BCUT2D eigenvalue weighted by Crippen LogP contribution is 2.26. The molecule has 23 heavy (non-hydrogen) atoms. The molecule has 1 amide bonds. The molecule has 0 saturated heterocycles. The summed E-state index contributed by atoms with van der Waals surface area (Å²) >= 11 is 1.27. The van der Waals surface area contributed by atoms with Crippen molar-refractivity contribution in [2.45, 2.75) is 31.9 Å². The third kappa shape index (κ3) is 4.39. The predicted molar refractivity (Wildman–Crippen MR) is 94.6 cm³/mol. The number of rotatable bonds is 5. The van der Waals surface area contributed by atoms with Gasteiger partial charge in [-0.05, 0) is 18.4 Å². The second-order valence-corrected chi connectivity index (χ2v) is 9.00. The highest BCUT2D eigenvalue weighted by atomic mass is 32.2. The molecule has 5 nitrogen and oxygen atoms in total. The summed E-state index contributed by atoms with van der Waals surface area (Å²) in [5, 5.41) is 3.70. The molecule has 0 unspecified atom stereocenters. The van der Waals surface area contributed by atoms with Gasteiger partial charge in [-0.2, -0.15) is 0 Å². The van der Waals surface area contributed by atoms with Gasteiger partial charge in [0.05, 0.1) is 5.69 Å². The van der Waals surface area contributed by atoms with Crippen molar-refractivity contribution in [2.75, 3.05) is 11.6 Å². The summed E-state index contributed by atoms with van der Waals surface area (Å²) in [4.78, 5) is 16.3. The minimum atomic E-state index is -3.42. The number of anilines is 1. The number of hydrogen-bond acceptors (Lipinski definition) is 5. The van der Waals surface area contributed by atoms with Crippen LogP contribution in [0.25, 0.3) is 11.3 Å². The fourth-order valence-electron chi connectivity index (χ4n) is 1.90. The van der Waals surface area contributed by atoms with Crippen LogP contribution in [0.2, 0.25) is 0 Å². The summed E-state index contributed by atoms with van der Waals surface area (Å²) in [7, 11) is -3.42. The summed E-state index contributed by atoms with van der Waals surface area (Å²) in [5.41, 5.74) is 2.97. The van der Waals surface area contributed by atoms with E-state index in [0.717, 1.165) is 17.5 Å². The summed E-state index contributed by atoms with van der Waals surface area (Å²) in [6.07, 6.45) is 1.04. The van der Waals surface area contributed by atoms with E-state index in [1.807, 2.05) is 17.5 Å². The van der Waals surface area contributed by atoms with Gasteiger partial charge in [0.1, 0.15) is 5.25 Å². The van der Waals surface area contributed by atoms with Crippen LogP contribution >= 0.6 is 11.3 Å². The van der Waals surface area contributed by atoms with Crippen molar-refractivity contribution in [3.8, 4) is 11.3 Å². The topological polar surface area (TPSA) is 76.1 Å². The van der Waals surface area contributed by atoms with E-state index < -0.39 is 21.0 Å². The standard InChI is InChI=1S/C16H20N2O3S2/c1-10(2)12-5-7-13(8-6-12)14-9-22-16(17-14)18-15(19)11(3)23(4,20)21/h5-11H,1-4H3,(H,17,18,19)/t11-/m1/s1. The number of carbonyl (C=O) groups excluding carboxylic acids is 1. The third-order valence-electron chi connectivity index (χ3n) is 3.62. The summed E-state index contributed by atoms with van der Waals surface area (Å²) in [5.74, 6) is -0.102. The summed E-state index contributed by atoms with van der Waals surface area (Å²) < 4.78 is 22.8. The normalized spacial score (nSPS) is 13.1. The maximum atomic E-state index is 11.9. The van der Waals surface area contributed by atoms with E-state index >= 15 is 0 Å². The molecule has 2 aromatic rings. The first kappa shape index (κ1) is 17.6. The SMILES string of the molecule is CC(C)c1ccc(-c2csc(NC(=O)[C@@H](C)S(C)(=O)=O)n2)cc1. The zero-order valence-electron chi connectivity index (χ0n) is 13.5. The Hall–Kier alpha value is -1.73. The van der Waals surface area contributed by atoms with Crippen LogP contribution < -0.4 is 5.32 Å². The lowest BCUT2D eigenvalue weighted by atomic mass is 10.0. The molecule has 124 valence electrons. The van der Waals surface area contributed by atoms with Gasteiger partial charge < -0.3 is 5.32 Å². The molecular weight excluding hydrogens is 332 g/mol. The quantitative estimate of drug-likeness (QED) is 0.896. The number of amides is 1. The molecule has 0 bridgehead atoms. The van der Waals surface area contributed by atoms with Crippen LogP contribution in [0.5, 0.6) is 0 Å². The lowest BCUT2D eigenvalue weighted by molar-refractivity contribution is -0.115. The number of hydrogen-bond donors (Lipinski definition) is 1. The van der Waals surface area contributed by atoms with Gasteiger partial charge in [-0.1, -0.05) is 38.1 Å². The van der Waals surface area contributed by atoms with Crippen LogP contribution in [0.1, 0.15) is 32.3 Å². The molecule has 1 heterocycles. The van der Waals surface area contributed by atoms with Gasteiger partial charge in [0.2, 0.25) is 5.91 Å². The molecule has 0 aliphatic carbocycles. The van der Waals surface area contributed by atoms with Gasteiger partial charge in [0.15, 0.2) is 15.0 Å². The highest BCUT2D eigenvalue weighted by Gasteiger charge is 2.24. The Balaban J connectivity index is 2.13. The maximum Gasteiger partial charge on any atom is 0.244 e. The van der Waals surface area contributed by atoms with E-state index in [2.05, 4.69) is 36.3 Å². The van der Waals surface area contributed by atoms with Gasteiger partial charge >= 0.3 is 0 Å². The van der Waals surface area contributed by atoms with Crippen LogP contribution in [0, 0.1) is 0 Å². The van der Waals surface area contributed by atoms with Crippen molar-refractivity contribution in [1.29, 1.82) is 0 Å². The Bertz CT molecular complexity index is 793. The van der Waals surface area contributed by atoms with Gasteiger partial charge in [-0.15, -0.1) is 11.3 Å². The number of nitrogens with one attached hydrogen (secondary N) is 1. The molecule has 0 aliphatic heterocycles. The average Bonchev–Trinajstić information content (AvgIpc) is 2.94. The van der Waals surface area contributed by atoms with Crippen molar-refractivity contribution in [3.63, 3.8) is 0 Å². The Morgan fingerprint density at radius 2 is 1.78 bits per heavy atom. The predicted octanol–water partition coefficient (Wildman–Crippen LogP) is 3.31. The molecule has 0 fully saturated rings. The zero-order valence-corrected chi connectivity index (χ0v) is 15.2. The molecular formula is C16H20N2O3S2. The van der Waals surface area contributed by atoms with Crippen molar-refractivity contribution in [2.24, 2.45) is 0 Å². The van der Waals surface area contributed by atoms with Gasteiger partial charge in [-0.25, -0.2) is 13.4 Å². The summed E-state index contributed by atoms with van der Waals surface area (Å²) in [6.45, 7) is 5.63. The minimum absolute atomic E-state index is 0.397. The van der Waals surface area contributed by atoms with Crippen LogP contribution in [0.15, 0.2) is 29.6 Å². The fraction of sp³-hybridized carbons (Fsp3) is 0.375. The van der Waals surface area contributed by atoms with Crippen molar-refractivity contribution in [1.82, 2.24) is 4.98 Å². The second kappa shape index (κ2) is 6.80. The monoisotopic (exact) mass is 352 g/mol. The van der Waals surface area contributed by atoms with Crippen LogP contribution in [0.3, 0.4) is 0 Å². The largest absolute Gasteiger partial charge is 0.301 e. The van der Waals surface area contributed by atoms with E-state index in [9.17, 15) is 13.2 Å². The van der Waals surface area contributed by atoms with Gasteiger partial charge in [0, 0.05) is 17.2 Å². The second-order valence-electron chi connectivity index (χ2n) is 5.78. The zero-order chi connectivity index (χ0) is 17.2. The van der Waals surface area contributed by atoms with Crippen molar-refractivity contribution >= 4 is 32.2 Å². The van der Waals surface area contributed by atoms with E-state index in [1.54, 1.807) is 0 Å². The smallest absolute Gasteiger partial charge is 0.244 e. The first-order valence-corrected chi connectivity index (χ1v) is 10.1. The Morgan fingerprint density at radius 1 is 1.17 bits per heavy atom. The van der Waals surface area contributed by atoms with Crippen LogP contribution in [0.4, 0.5) is 5.13 Å². The summed E-state index contributed by atoms with van der Waals surface area (Å²) in [6, 6.07) is 8.11. The molecule has 1 N–H and O–H groups in total. The average molecular weight is 352 g/mol. The Morgan fingerprint density at radius 3 is 2.30 bits per heavy atom. The number of nitrogens with zero attached hydrogens (tertiary/aromatic N) is 1. The molecule has 1 aromatic carbocycles. The minimum Gasteiger partial charge on any atom is -0.301 e. The molecule has 7 heteroatoms. The molecule has 2 rings (SSSR count). The molecule has 0 aliphatic rings.